The van der Waals surface area contributed by atoms with Gasteiger partial charge in [-0.3, -0.25) is 4.79 Å². The third kappa shape index (κ3) is 32.1. The molecule has 0 aromatic heterocycles. The summed E-state index contributed by atoms with van der Waals surface area (Å²) in [7, 11) is 0. The van der Waals surface area contributed by atoms with Crippen molar-refractivity contribution in [3.8, 4) is 0 Å². The van der Waals surface area contributed by atoms with Gasteiger partial charge in [0, 0.05) is 6.42 Å². The Morgan fingerprint density at radius 2 is 1.00 bits per heavy atom. The van der Waals surface area contributed by atoms with Crippen LogP contribution in [-0.2, 0) is 14.3 Å². The number of hydrogen-bond donors (Lipinski definition) is 6. The Labute approximate surface area is 378 Å². The Bertz CT molecular complexity index is 1240. The van der Waals surface area contributed by atoms with Gasteiger partial charge in [-0.1, -0.05) is 195 Å². The van der Waals surface area contributed by atoms with Crippen molar-refractivity contribution in [3.63, 3.8) is 0 Å². The lowest BCUT2D eigenvalue weighted by Gasteiger charge is -2.40. The molecule has 1 saturated heterocycles. The highest BCUT2D eigenvalue weighted by atomic mass is 16.7. The minimum absolute atomic E-state index is 0.146. The minimum atomic E-state index is -1.56. The van der Waals surface area contributed by atoms with Crippen LogP contribution in [-0.4, -0.2) is 87.5 Å². The first-order chi connectivity index (χ1) is 30.3. The summed E-state index contributed by atoms with van der Waals surface area (Å²) in [5, 5.41) is 54.2. The molecule has 1 heterocycles. The van der Waals surface area contributed by atoms with Gasteiger partial charge in [0.25, 0.3) is 0 Å². The van der Waals surface area contributed by atoms with Gasteiger partial charge in [-0.15, -0.1) is 0 Å². The molecule has 62 heavy (non-hydrogen) atoms. The fourth-order valence-electron chi connectivity index (χ4n) is 7.32. The summed E-state index contributed by atoms with van der Waals surface area (Å²) < 4.78 is 11.2. The van der Waals surface area contributed by atoms with Crippen LogP contribution in [0.3, 0.4) is 0 Å². The van der Waals surface area contributed by atoms with Crippen molar-refractivity contribution in [2.24, 2.45) is 0 Å². The average Bonchev–Trinajstić information content (AvgIpc) is 3.27. The van der Waals surface area contributed by atoms with E-state index >= 15 is 0 Å². The van der Waals surface area contributed by atoms with Crippen LogP contribution in [0.2, 0.25) is 0 Å². The number of amides is 1. The second-order valence-electron chi connectivity index (χ2n) is 16.9. The summed E-state index contributed by atoms with van der Waals surface area (Å²) in [4.78, 5) is 12.9. The van der Waals surface area contributed by atoms with E-state index in [1.807, 2.05) is 0 Å². The van der Waals surface area contributed by atoms with E-state index < -0.39 is 49.5 Å². The number of ether oxygens (including phenoxy) is 2. The first kappa shape index (κ1) is 57.4. The van der Waals surface area contributed by atoms with Crippen molar-refractivity contribution in [2.75, 3.05) is 13.2 Å². The maximum Gasteiger partial charge on any atom is 0.220 e. The lowest BCUT2D eigenvalue weighted by atomic mass is 9.99. The number of carbonyl (C=O) groups excluding carboxylic acids is 1. The molecule has 0 aromatic carbocycles. The lowest BCUT2D eigenvalue weighted by Crippen LogP contribution is -2.60. The summed E-state index contributed by atoms with van der Waals surface area (Å²) in [6.45, 7) is 3.66. The number of rotatable bonds is 40. The van der Waals surface area contributed by atoms with Gasteiger partial charge in [0.2, 0.25) is 5.91 Å². The topological polar surface area (TPSA) is 149 Å². The minimum Gasteiger partial charge on any atom is -0.394 e. The van der Waals surface area contributed by atoms with Crippen molar-refractivity contribution < 1.29 is 39.8 Å². The maximum absolute atomic E-state index is 12.9. The van der Waals surface area contributed by atoms with E-state index in [2.05, 4.69) is 104 Å². The van der Waals surface area contributed by atoms with Crippen LogP contribution >= 0.6 is 0 Å². The monoisotopic (exact) mass is 870 g/mol. The van der Waals surface area contributed by atoms with Crippen LogP contribution in [0.1, 0.15) is 187 Å². The highest BCUT2D eigenvalue weighted by Gasteiger charge is 2.44. The van der Waals surface area contributed by atoms with E-state index in [0.717, 1.165) is 89.9 Å². The van der Waals surface area contributed by atoms with Crippen LogP contribution in [0.25, 0.3) is 0 Å². The summed E-state index contributed by atoms with van der Waals surface area (Å²) in [6.07, 6.45) is 51.9. The fraction of sp³-hybridized carbons (Fsp3) is 0.717. The maximum atomic E-state index is 12.9. The number of aliphatic hydroxyl groups is 5. The Hall–Kier alpha value is -2.63. The predicted octanol–water partition coefficient (Wildman–Crippen LogP) is 11.1. The van der Waals surface area contributed by atoms with Gasteiger partial charge in [-0.25, -0.2) is 0 Å². The summed E-state index contributed by atoms with van der Waals surface area (Å²) in [5.74, 6) is -0.159. The van der Waals surface area contributed by atoms with E-state index in [0.29, 0.717) is 12.8 Å². The van der Waals surface area contributed by atoms with Crippen LogP contribution in [0.15, 0.2) is 85.1 Å². The number of nitrogens with one attached hydrogen (secondary N) is 1. The molecule has 1 aliphatic rings. The first-order valence-corrected chi connectivity index (χ1v) is 24.8. The van der Waals surface area contributed by atoms with Gasteiger partial charge in [0.05, 0.1) is 25.4 Å². The SMILES string of the molecule is CC/C=C\C/C=C\C/C=C\C/C=C\C/C=C\C/C=C\C/C=C\CCCCCCCCCCCC(=O)NC(COC1OC(CO)C(O)C(O)C1O)C(O)CCCCCCCCCC. The number of unbranched alkanes of at least 4 members (excludes halogenated alkanes) is 16. The number of aliphatic hydroxyl groups excluding tert-OH is 5. The molecule has 9 nitrogen and oxygen atoms in total. The molecule has 1 fully saturated rings. The Morgan fingerprint density at radius 3 is 1.48 bits per heavy atom. The molecule has 1 aliphatic heterocycles. The first-order valence-electron chi connectivity index (χ1n) is 24.8. The molecular weight excluding hydrogens is 779 g/mol. The molecule has 0 aliphatic carbocycles. The normalized spacial score (nSPS) is 21.0. The van der Waals surface area contributed by atoms with Crippen molar-refractivity contribution in [1.82, 2.24) is 5.32 Å². The van der Waals surface area contributed by atoms with Gasteiger partial charge in [-0.05, 0) is 70.6 Å². The van der Waals surface area contributed by atoms with Gasteiger partial charge in [-0.2, -0.15) is 0 Å². The smallest absolute Gasteiger partial charge is 0.220 e. The molecule has 7 atom stereocenters. The Balaban J connectivity index is 2.16. The van der Waals surface area contributed by atoms with Crippen LogP contribution in [0.4, 0.5) is 0 Å². The molecular formula is C53H91NO8. The lowest BCUT2D eigenvalue weighted by molar-refractivity contribution is -0.302. The molecule has 0 radical (unpaired) electrons. The van der Waals surface area contributed by atoms with Crippen LogP contribution in [0.5, 0.6) is 0 Å². The summed E-state index contributed by atoms with van der Waals surface area (Å²) >= 11 is 0. The highest BCUT2D eigenvalue weighted by molar-refractivity contribution is 5.76. The van der Waals surface area contributed by atoms with E-state index in [1.54, 1.807) is 0 Å². The third-order valence-corrected chi connectivity index (χ3v) is 11.3. The van der Waals surface area contributed by atoms with Gasteiger partial charge >= 0.3 is 0 Å². The molecule has 0 aromatic rings. The third-order valence-electron chi connectivity index (χ3n) is 11.3. The summed E-state index contributed by atoms with van der Waals surface area (Å²) in [6, 6.07) is -0.725. The number of carbonyl (C=O) groups is 1. The molecule has 9 heteroatoms. The van der Waals surface area contributed by atoms with E-state index in [9.17, 15) is 30.3 Å². The highest BCUT2D eigenvalue weighted by Crippen LogP contribution is 2.23. The van der Waals surface area contributed by atoms with E-state index in [-0.39, 0.29) is 12.5 Å². The van der Waals surface area contributed by atoms with Crippen molar-refractivity contribution in [1.29, 1.82) is 0 Å². The van der Waals surface area contributed by atoms with Crippen molar-refractivity contribution in [3.05, 3.63) is 85.1 Å². The molecule has 0 bridgehead atoms. The zero-order valence-corrected chi connectivity index (χ0v) is 39.1. The zero-order chi connectivity index (χ0) is 45.1. The van der Waals surface area contributed by atoms with Crippen LogP contribution in [0, 0.1) is 0 Å². The number of allylic oxidation sites excluding steroid dienone is 14. The Morgan fingerprint density at radius 1 is 0.565 bits per heavy atom. The van der Waals surface area contributed by atoms with Gasteiger partial charge < -0.3 is 40.3 Å². The zero-order valence-electron chi connectivity index (χ0n) is 39.1. The Kier molecular flexibility index (Phi) is 39.2. The average molecular weight is 870 g/mol. The van der Waals surface area contributed by atoms with Gasteiger partial charge in [0.1, 0.15) is 24.4 Å². The molecule has 0 saturated carbocycles. The van der Waals surface area contributed by atoms with Crippen LogP contribution < -0.4 is 5.32 Å². The fourth-order valence-corrected chi connectivity index (χ4v) is 7.32. The molecule has 6 N–H and O–H groups in total. The van der Waals surface area contributed by atoms with E-state index in [1.165, 1.54) is 70.6 Å². The molecule has 1 amide bonds. The molecule has 7 unspecified atom stereocenters. The largest absolute Gasteiger partial charge is 0.394 e. The summed E-state index contributed by atoms with van der Waals surface area (Å²) in [5.41, 5.74) is 0. The van der Waals surface area contributed by atoms with Gasteiger partial charge in [0.15, 0.2) is 6.29 Å². The predicted molar refractivity (Wildman–Crippen MR) is 258 cm³/mol. The second-order valence-corrected chi connectivity index (χ2v) is 16.9. The molecule has 1 rings (SSSR count). The quantitative estimate of drug-likeness (QED) is 0.0263. The second kappa shape index (κ2) is 42.3. The molecule has 0 spiro atoms. The molecule has 356 valence electrons. The number of hydrogen-bond acceptors (Lipinski definition) is 8. The van der Waals surface area contributed by atoms with Crippen molar-refractivity contribution in [2.45, 2.75) is 230 Å². The standard InChI is InChI=1S/C53H91NO8/c1-3-5-7-9-11-13-14-15-16-17-18-19-20-21-22-23-24-25-26-27-28-29-30-31-32-33-34-35-37-39-41-43-49(57)54-46(47(56)42-40-38-36-12-10-8-6-4-2)45-61-53-52(60)51(59)50(58)48(44-55)62-53/h5,7,11,13,15-16,18-19,21-22,24-25,27-28,46-48,50-53,55-56,58-60H,3-4,6,8-10,12,14,17,20,23,26,29-45H2,1-2H3,(H,54,57)/b7-5-,13-11-,16-15-,19-18-,22-21-,25-24-,28-27-. The van der Waals surface area contributed by atoms with E-state index in [4.69, 9.17) is 9.47 Å². The van der Waals surface area contributed by atoms with Crippen molar-refractivity contribution >= 4 is 5.91 Å².